The number of para-hydroxylation sites is 3. The molecule has 4 aromatic heterocycles. The van der Waals surface area contributed by atoms with Gasteiger partial charge in [-0.15, -0.1) is 0 Å². The molecule has 0 saturated carbocycles. The number of rotatable bonds is 6. The van der Waals surface area contributed by atoms with Crippen LogP contribution in [0.1, 0.15) is 0 Å². The first-order chi connectivity index (χ1) is 27.8. The third-order valence-electron chi connectivity index (χ3n) is 10.7. The average Bonchev–Trinajstić information content (AvgIpc) is 3.80. The van der Waals surface area contributed by atoms with Crippen LogP contribution in [-0.2, 0) is 0 Å². The van der Waals surface area contributed by atoms with E-state index in [0.29, 0.717) is 11.5 Å². The number of hydrogen-bond donors (Lipinski definition) is 0. The Morgan fingerprint density at radius 3 is 1.34 bits per heavy atom. The minimum Gasteiger partial charge on any atom is -0.309 e. The van der Waals surface area contributed by atoms with Crippen molar-refractivity contribution in [2.45, 2.75) is 0 Å². The highest BCUT2D eigenvalue weighted by Crippen LogP contribution is 2.37. The molecule has 0 amide bonds. The van der Waals surface area contributed by atoms with Crippen molar-refractivity contribution < 1.29 is 0 Å². The normalized spacial score (nSPS) is 11.6. The summed E-state index contributed by atoms with van der Waals surface area (Å²) in [7, 11) is 0. The van der Waals surface area contributed by atoms with Crippen molar-refractivity contribution in [2.75, 3.05) is 0 Å². The first-order valence-corrected chi connectivity index (χ1v) is 18.7. The van der Waals surface area contributed by atoms with Crippen molar-refractivity contribution >= 4 is 43.6 Å². The van der Waals surface area contributed by atoms with Gasteiger partial charge in [0.2, 0.25) is 0 Å². The minimum absolute atomic E-state index is 0.551. The van der Waals surface area contributed by atoms with E-state index >= 15 is 0 Å². The summed E-state index contributed by atoms with van der Waals surface area (Å²) < 4.78 is 4.74. The predicted octanol–water partition coefficient (Wildman–Crippen LogP) is 12.1. The van der Waals surface area contributed by atoms with E-state index in [2.05, 4.69) is 154 Å². The van der Waals surface area contributed by atoms with Crippen LogP contribution in [0.2, 0.25) is 0 Å². The molecule has 0 atom stereocenters. The van der Waals surface area contributed by atoms with E-state index in [0.717, 1.165) is 61.6 Å². The molecule has 0 aliphatic heterocycles. The molecule has 6 nitrogen and oxygen atoms in total. The van der Waals surface area contributed by atoms with Gasteiger partial charge >= 0.3 is 0 Å². The van der Waals surface area contributed by atoms with Gasteiger partial charge in [-0.05, 0) is 60.7 Å². The van der Waals surface area contributed by atoms with Gasteiger partial charge in [0.05, 0.1) is 39.1 Å². The van der Waals surface area contributed by atoms with Gasteiger partial charge in [0.15, 0.2) is 5.82 Å². The van der Waals surface area contributed by atoms with Gasteiger partial charge in [0.25, 0.3) is 0 Å². The zero-order valence-electron chi connectivity index (χ0n) is 30.2. The fraction of sp³-hybridized carbons (Fsp3) is 0. The topological polar surface area (TPSA) is 61.4 Å². The van der Waals surface area contributed by atoms with Crippen LogP contribution in [0.4, 0.5) is 0 Å². The maximum atomic E-state index is 5.01. The van der Waals surface area contributed by atoms with E-state index in [1.807, 2.05) is 48.5 Å². The minimum atomic E-state index is 0.551. The Kier molecular flexibility index (Phi) is 7.38. The summed E-state index contributed by atoms with van der Waals surface area (Å²) in [6.45, 7) is 0. The average molecular weight is 717 g/mol. The van der Waals surface area contributed by atoms with Crippen LogP contribution in [0.25, 0.3) is 100 Å². The van der Waals surface area contributed by atoms with Crippen molar-refractivity contribution in [3.8, 4) is 56.7 Å². The van der Waals surface area contributed by atoms with Gasteiger partial charge in [-0.2, -0.15) is 0 Å². The van der Waals surface area contributed by atoms with E-state index in [9.17, 15) is 0 Å². The van der Waals surface area contributed by atoms with Crippen LogP contribution < -0.4 is 0 Å². The molecular formula is C50H32N6. The summed E-state index contributed by atoms with van der Waals surface area (Å²) in [6, 6.07) is 65.8. The summed E-state index contributed by atoms with van der Waals surface area (Å²) in [5.41, 5.74) is 13.0. The number of nitrogens with zero attached hydrogens (tertiary/aromatic N) is 6. The number of aromatic nitrogens is 6. The van der Waals surface area contributed by atoms with Crippen molar-refractivity contribution in [1.82, 2.24) is 29.1 Å². The van der Waals surface area contributed by atoms with E-state index in [-0.39, 0.29) is 0 Å². The Hall–Kier alpha value is -7.70. The van der Waals surface area contributed by atoms with Crippen molar-refractivity contribution in [3.05, 3.63) is 194 Å². The molecule has 0 fully saturated rings. The van der Waals surface area contributed by atoms with Crippen LogP contribution in [0.3, 0.4) is 0 Å². The fourth-order valence-electron chi connectivity index (χ4n) is 8.10. The molecule has 0 saturated heterocycles. The van der Waals surface area contributed by atoms with Gasteiger partial charge in [0.1, 0.15) is 12.0 Å². The predicted molar refractivity (Wildman–Crippen MR) is 228 cm³/mol. The van der Waals surface area contributed by atoms with Gasteiger partial charge in [0, 0.05) is 49.6 Å². The molecule has 0 bridgehead atoms. The molecule has 0 aliphatic rings. The van der Waals surface area contributed by atoms with E-state index in [4.69, 9.17) is 15.0 Å². The molecule has 11 aromatic rings. The second-order valence-corrected chi connectivity index (χ2v) is 14.0. The standard InChI is InChI=1S/C50H32N6/c1-3-14-33(15-4-1)43-31-44(34-16-5-2-6-17-34)54-50(53-43)45-30-42(51-32-52-45)35-26-27-49-41(28-35)40-22-9-12-25-48(40)56(49)37-19-13-18-36(29-37)55-46-23-10-7-20-38(46)39-21-8-11-24-47(39)55/h1-32H. The molecule has 56 heavy (non-hydrogen) atoms. The molecule has 11 rings (SSSR count). The SMILES string of the molecule is c1ccc(-c2cc(-c3ccccc3)nc(-c3cc(-c4ccc5c(c4)c4ccccc4n5-c4cccc(-n5c6ccccc6c6ccccc65)c4)ncn3)n2)cc1. The molecule has 262 valence electrons. The second kappa shape index (κ2) is 13.0. The number of benzene rings is 7. The zero-order valence-corrected chi connectivity index (χ0v) is 30.2. The van der Waals surface area contributed by atoms with Crippen LogP contribution >= 0.6 is 0 Å². The molecule has 6 heteroatoms. The summed E-state index contributed by atoms with van der Waals surface area (Å²) in [5.74, 6) is 0.551. The highest BCUT2D eigenvalue weighted by atomic mass is 15.0. The molecular weight excluding hydrogens is 685 g/mol. The smallest absolute Gasteiger partial charge is 0.179 e. The molecule has 4 heterocycles. The van der Waals surface area contributed by atoms with Gasteiger partial charge in [-0.3, -0.25) is 0 Å². The summed E-state index contributed by atoms with van der Waals surface area (Å²) >= 11 is 0. The highest BCUT2D eigenvalue weighted by Gasteiger charge is 2.18. The molecule has 7 aromatic carbocycles. The van der Waals surface area contributed by atoms with Crippen LogP contribution in [0.5, 0.6) is 0 Å². The largest absolute Gasteiger partial charge is 0.309 e. The Labute approximate surface area is 322 Å². The van der Waals surface area contributed by atoms with Crippen molar-refractivity contribution in [3.63, 3.8) is 0 Å². The Morgan fingerprint density at radius 1 is 0.304 bits per heavy atom. The van der Waals surface area contributed by atoms with Crippen LogP contribution in [0.15, 0.2) is 194 Å². The summed E-state index contributed by atoms with van der Waals surface area (Å²) in [5, 5.41) is 4.82. The summed E-state index contributed by atoms with van der Waals surface area (Å²) in [6.07, 6.45) is 1.61. The second-order valence-electron chi connectivity index (χ2n) is 14.0. The van der Waals surface area contributed by atoms with E-state index in [1.165, 1.54) is 27.2 Å². The van der Waals surface area contributed by atoms with Crippen LogP contribution in [-0.4, -0.2) is 29.1 Å². The lowest BCUT2D eigenvalue weighted by molar-refractivity contribution is 1.11. The van der Waals surface area contributed by atoms with Gasteiger partial charge in [-0.25, -0.2) is 19.9 Å². The molecule has 0 unspecified atom stereocenters. The van der Waals surface area contributed by atoms with Crippen molar-refractivity contribution in [2.24, 2.45) is 0 Å². The number of fused-ring (bicyclic) bond motifs is 6. The fourth-order valence-corrected chi connectivity index (χ4v) is 8.10. The quantitative estimate of drug-likeness (QED) is 0.172. The third kappa shape index (κ3) is 5.27. The van der Waals surface area contributed by atoms with Gasteiger partial charge < -0.3 is 9.13 Å². The highest BCUT2D eigenvalue weighted by molar-refractivity contribution is 6.11. The first-order valence-electron chi connectivity index (χ1n) is 18.7. The lowest BCUT2D eigenvalue weighted by Gasteiger charge is -2.13. The van der Waals surface area contributed by atoms with E-state index < -0.39 is 0 Å². The number of hydrogen-bond acceptors (Lipinski definition) is 4. The Balaban J connectivity index is 1.03. The maximum absolute atomic E-state index is 5.01. The Morgan fingerprint density at radius 2 is 0.768 bits per heavy atom. The van der Waals surface area contributed by atoms with Crippen molar-refractivity contribution in [1.29, 1.82) is 0 Å². The molecule has 0 N–H and O–H groups in total. The van der Waals surface area contributed by atoms with Gasteiger partial charge in [-0.1, -0.05) is 127 Å². The lowest BCUT2D eigenvalue weighted by atomic mass is 10.1. The molecule has 0 radical (unpaired) electrons. The first kappa shape index (κ1) is 31.8. The van der Waals surface area contributed by atoms with Crippen LogP contribution in [0, 0.1) is 0 Å². The lowest BCUT2D eigenvalue weighted by Crippen LogP contribution is -1.99. The molecule has 0 spiro atoms. The Bertz CT molecular complexity index is 3140. The monoisotopic (exact) mass is 716 g/mol. The van der Waals surface area contributed by atoms with E-state index in [1.54, 1.807) is 6.33 Å². The summed E-state index contributed by atoms with van der Waals surface area (Å²) in [4.78, 5) is 19.5. The third-order valence-corrected chi connectivity index (χ3v) is 10.7. The molecule has 0 aliphatic carbocycles. The zero-order chi connectivity index (χ0) is 37.0. The maximum Gasteiger partial charge on any atom is 0.179 e.